The average molecular weight is 424 g/mol. The van der Waals surface area contributed by atoms with Gasteiger partial charge in [0, 0.05) is 25.4 Å². The highest BCUT2D eigenvalue weighted by Gasteiger charge is 2.29. The molecule has 1 aliphatic carbocycles. The van der Waals surface area contributed by atoms with Gasteiger partial charge in [-0.15, -0.1) is 0 Å². The largest absolute Gasteiger partial charge is 0.481 e. The molecule has 2 aromatic rings. The number of hydrogen-bond donors (Lipinski definition) is 2. The molecular weight excluding hydrogens is 396 g/mol. The molecule has 2 amide bonds. The number of fused-ring (bicyclic) bond motifs is 3. The van der Waals surface area contributed by atoms with E-state index in [2.05, 4.69) is 17.4 Å². The molecule has 0 fully saturated rings. The van der Waals surface area contributed by atoms with Crippen LogP contribution in [0.15, 0.2) is 48.5 Å². The van der Waals surface area contributed by atoms with Crippen LogP contribution in [0.25, 0.3) is 11.1 Å². The zero-order valence-corrected chi connectivity index (χ0v) is 17.8. The molecule has 0 aromatic heterocycles. The number of rotatable bonds is 9. The van der Waals surface area contributed by atoms with Gasteiger partial charge in [0.15, 0.2) is 0 Å². The third-order valence-corrected chi connectivity index (χ3v) is 5.56. The third kappa shape index (κ3) is 5.23. The van der Waals surface area contributed by atoms with Gasteiger partial charge in [0.1, 0.15) is 12.6 Å². The maximum Gasteiger partial charge on any atom is 0.407 e. The summed E-state index contributed by atoms with van der Waals surface area (Å²) < 4.78 is 5.49. The number of amides is 2. The minimum absolute atomic E-state index is 0.00202. The fourth-order valence-corrected chi connectivity index (χ4v) is 4.00. The van der Waals surface area contributed by atoms with Crippen LogP contribution in [0.2, 0.25) is 0 Å². The van der Waals surface area contributed by atoms with Gasteiger partial charge in [-0.3, -0.25) is 9.59 Å². The fourth-order valence-electron chi connectivity index (χ4n) is 4.00. The maximum absolute atomic E-state index is 12.6. The lowest BCUT2D eigenvalue weighted by atomic mass is 9.98. The lowest BCUT2D eigenvalue weighted by molar-refractivity contribution is -0.138. The van der Waals surface area contributed by atoms with E-state index in [-0.39, 0.29) is 24.9 Å². The molecule has 3 rings (SSSR count). The van der Waals surface area contributed by atoms with E-state index in [1.165, 1.54) is 4.90 Å². The van der Waals surface area contributed by atoms with Crippen LogP contribution < -0.4 is 5.32 Å². The lowest BCUT2D eigenvalue weighted by Gasteiger charge is -2.24. The Morgan fingerprint density at radius 1 is 1.06 bits per heavy atom. The van der Waals surface area contributed by atoms with Crippen LogP contribution in [-0.2, 0) is 14.3 Å². The van der Waals surface area contributed by atoms with E-state index in [0.29, 0.717) is 19.5 Å². The van der Waals surface area contributed by atoms with Crippen molar-refractivity contribution in [2.75, 3.05) is 19.7 Å². The number of carbonyl (C=O) groups excluding carboxylic acids is 2. The molecule has 164 valence electrons. The van der Waals surface area contributed by atoms with Crippen molar-refractivity contribution in [3.63, 3.8) is 0 Å². The third-order valence-electron chi connectivity index (χ3n) is 5.56. The molecular formula is C24H28N2O5. The molecule has 31 heavy (non-hydrogen) atoms. The Balaban J connectivity index is 1.56. The van der Waals surface area contributed by atoms with Crippen molar-refractivity contribution in [3.05, 3.63) is 59.7 Å². The zero-order chi connectivity index (χ0) is 22.4. The highest BCUT2D eigenvalue weighted by atomic mass is 16.5. The van der Waals surface area contributed by atoms with Crippen molar-refractivity contribution in [3.8, 4) is 11.1 Å². The zero-order valence-electron chi connectivity index (χ0n) is 17.8. The van der Waals surface area contributed by atoms with Crippen LogP contribution in [0.3, 0.4) is 0 Å². The Morgan fingerprint density at radius 2 is 1.65 bits per heavy atom. The average Bonchev–Trinajstić information content (AvgIpc) is 3.08. The van der Waals surface area contributed by atoms with Crippen LogP contribution in [-0.4, -0.2) is 53.7 Å². The van der Waals surface area contributed by atoms with E-state index in [9.17, 15) is 14.4 Å². The topological polar surface area (TPSA) is 95.9 Å². The van der Waals surface area contributed by atoms with Gasteiger partial charge < -0.3 is 20.1 Å². The molecule has 0 heterocycles. The number of nitrogens with zero attached hydrogens (tertiary/aromatic N) is 1. The Hall–Kier alpha value is -3.35. The highest BCUT2D eigenvalue weighted by Crippen LogP contribution is 2.44. The van der Waals surface area contributed by atoms with Gasteiger partial charge in [-0.25, -0.2) is 4.79 Å². The van der Waals surface area contributed by atoms with Crippen molar-refractivity contribution in [1.29, 1.82) is 0 Å². The number of alkyl carbamates (subject to hydrolysis) is 1. The first-order valence-electron chi connectivity index (χ1n) is 10.5. The molecule has 0 spiro atoms. The van der Waals surface area contributed by atoms with Gasteiger partial charge in [-0.2, -0.15) is 0 Å². The second kappa shape index (κ2) is 10.1. The van der Waals surface area contributed by atoms with Gasteiger partial charge in [0.05, 0.1) is 0 Å². The normalized spacial score (nSPS) is 13.1. The fraction of sp³-hybridized carbons (Fsp3) is 0.375. The van der Waals surface area contributed by atoms with Gasteiger partial charge in [-0.1, -0.05) is 48.5 Å². The monoisotopic (exact) mass is 424 g/mol. The second-order valence-corrected chi connectivity index (χ2v) is 7.61. The van der Waals surface area contributed by atoms with Crippen LogP contribution in [0, 0.1) is 0 Å². The number of nitrogens with one attached hydrogen (secondary N) is 1. The van der Waals surface area contributed by atoms with Gasteiger partial charge in [-0.05, 0) is 42.5 Å². The first kappa shape index (κ1) is 22.3. The molecule has 0 unspecified atom stereocenters. The summed E-state index contributed by atoms with van der Waals surface area (Å²) in [6.45, 7) is 4.37. The summed E-state index contributed by atoms with van der Waals surface area (Å²) >= 11 is 0. The van der Waals surface area contributed by atoms with Crippen LogP contribution >= 0.6 is 0 Å². The van der Waals surface area contributed by atoms with E-state index in [4.69, 9.17) is 9.84 Å². The number of benzene rings is 2. The summed E-state index contributed by atoms with van der Waals surface area (Å²) in [4.78, 5) is 37.2. The molecule has 7 heteroatoms. The predicted molar refractivity (Wildman–Crippen MR) is 117 cm³/mol. The molecule has 0 radical (unpaired) electrons. The SMILES string of the molecule is CCN(CCCC(=O)O)C(=O)[C@H](C)NC(=O)OCC1c2ccccc2-c2ccccc21. The highest BCUT2D eigenvalue weighted by molar-refractivity contribution is 5.85. The maximum atomic E-state index is 12.6. The van der Waals surface area contributed by atoms with Crippen molar-refractivity contribution >= 4 is 18.0 Å². The molecule has 0 saturated carbocycles. The molecule has 2 N–H and O–H groups in total. The standard InChI is InChI=1S/C24H28N2O5/c1-3-26(14-8-13-22(27)28)23(29)16(2)25-24(30)31-15-21-19-11-6-4-9-17(19)18-10-5-7-12-20(18)21/h4-7,9-12,16,21H,3,8,13-15H2,1-2H3,(H,25,30)(H,27,28)/t16-/m0/s1. The number of ether oxygens (including phenoxy) is 1. The number of likely N-dealkylation sites (N-methyl/N-ethyl adjacent to an activating group) is 1. The van der Waals surface area contributed by atoms with Gasteiger partial charge in [0.2, 0.25) is 5.91 Å². The molecule has 7 nitrogen and oxygen atoms in total. The Morgan fingerprint density at radius 3 is 2.19 bits per heavy atom. The minimum atomic E-state index is -0.895. The quantitative estimate of drug-likeness (QED) is 0.641. The predicted octanol–water partition coefficient (Wildman–Crippen LogP) is 3.63. The van der Waals surface area contributed by atoms with Crippen LogP contribution in [0.4, 0.5) is 4.79 Å². The minimum Gasteiger partial charge on any atom is -0.481 e. The molecule has 1 atom stereocenters. The summed E-state index contributed by atoms with van der Waals surface area (Å²) in [5.74, 6) is -1.21. The Labute approximate surface area is 182 Å². The van der Waals surface area contributed by atoms with E-state index < -0.39 is 18.1 Å². The number of hydrogen-bond acceptors (Lipinski definition) is 4. The van der Waals surface area contributed by atoms with Gasteiger partial charge >= 0.3 is 12.1 Å². The van der Waals surface area contributed by atoms with E-state index in [0.717, 1.165) is 22.3 Å². The molecule has 0 aliphatic heterocycles. The van der Waals surface area contributed by atoms with E-state index in [1.54, 1.807) is 6.92 Å². The summed E-state index contributed by atoms with van der Waals surface area (Å²) in [6, 6.07) is 15.4. The molecule has 0 bridgehead atoms. The number of aliphatic carboxylic acids is 1. The van der Waals surface area contributed by atoms with Crippen molar-refractivity contribution in [2.24, 2.45) is 0 Å². The van der Waals surface area contributed by atoms with Crippen LogP contribution in [0.5, 0.6) is 0 Å². The second-order valence-electron chi connectivity index (χ2n) is 7.61. The first-order chi connectivity index (χ1) is 14.9. The van der Waals surface area contributed by atoms with Crippen molar-refractivity contribution < 1.29 is 24.2 Å². The Kier molecular flexibility index (Phi) is 7.28. The first-order valence-corrected chi connectivity index (χ1v) is 10.5. The number of carboxylic acids is 1. The number of carboxylic acid groups (broad SMARTS) is 1. The summed E-state index contributed by atoms with van der Waals surface area (Å²) in [6.07, 6.45) is -0.283. The molecule has 1 aliphatic rings. The van der Waals surface area contributed by atoms with E-state index in [1.807, 2.05) is 43.3 Å². The summed E-state index contributed by atoms with van der Waals surface area (Å²) in [5.41, 5.74) is 4.54. The smallest absolute Gasteiger partial charge is 0.407 e. The van der Waals surface area contributed by atoms with E-state index >= 15 is 0 Å². The summed E-state index contributed by atoms with van der Waals surface area (Å²) in [7, 11) is 0. The molecule has 0 saturated heterocycles. The molecule has 2 aromatic carbocycles. The Bertz CT molecular complexity index is 913. The van der Waals surface area contributed by atoms with Crippen LogP contribution in [0.1, 0.15) is 43.7 Å². The number of carbonyl (C=O) groups is 3. The van der Waals surface area contributed by atoms with Crippen molar-refractivity contribution in [2.45, 2.75) is 38.6 Å². The lowest BCUT2D eigenvalue weighted by Crippen LogP contribution is -2.47. The van der Waals surface area contributed by atoms with Crippen molar-refractivity contribution in [1.82, 2.24) is 10.2 Å². The van der Waals surface area contributed by atoms with Gasteiger partial charge in [0.25, 0.3) is 0 Å². The summed E-state index contributed by atoms with van der Waals surface area (Å²) in [5, 5.41) is 11.4.